The normalized spacial score (nSPS) is 12.2. The van der Waals surface area contributed by atoms with E-state index in [1.54, 1.807) is 12.3 Å². The van der Waals surface area contributed by atoms with Crippen molar-refractivity contribution in [2.24, 2.45) is 0 Å². The Hall–Kier alpha value is -2.03. The second-order valence-electron chi connectivity index (χ2n) is 4.58. The summed E-state index contributed by atoms with van der Waals surface area (Å²) in [6, 6.07) is 8.59. The van der Waals surface area contributed by atoms with Gasteiger partial charge in [0.1, 0.15) is 5.82 Å². The van der Waals surface area contributed by atoms with Gasteiger partial charge in [0.05, 0.1) is 5.69 Å². The van der Waals surface area contributed by atoms with E-state index in [9.17, 15) is 4.39 Å². The summed E-state index contributed by atoms with van der Waals surface area (Å²) in [6.45, 7) is 3.98. The molecule has 0 saturated carbocycles. The van der Waals surface area contributed by atoms with Crippen molar-refractivity contribution in [1.82, 2.24) is 4.98 Å². The fourth-order valence-electron chi connectivity index (χ4n) is 2.25. The summed E-state index contributed by atoms with van der Waals surface area (Å²) in [5.41, 5.74) is 3.65. The molecule has 0 aliphatic rings. The molecule has 1 heterocycles. The zero-order chi connectivity index (χ0) is 13.8. The van der Waals surface area contributed by atoms with Crippen LogP contribution in [0.3, 0.4) is 0 Å². The molecule has 0 radical (unpaired) electrons. The van der Waals surface area contributed by atoms with E-state index in [1.807, 2.05) is 26.0 Å². The van der Waals surface area contributed by atoms with Crippen molar-refractivity contribution in [3.63, 3.8) is 0 Å². The summed E-state index contributed by atoms with van der Waals surface area (Å²) >= 11 is 0. The number of rotatable bonds is 4. The van der Waals surface area contributed by atoms with Crippen molar-refractivity contribution in [2.75, 3.05) is 0 Å². The van der Waals surface area contributed by atoms with E-state index in [0.717, 1.165) is 28.8 Å². The number of benzene rings is 1. The molecule has 0 aliphatic heterocycles. The predicted octanol–water partition coefficient (Wildman–Crippen LogP) is 4.34. The van der Waals surface area contributed by atoms with Crippen LogP contribution in [-0.4, -0.2) is 11.2 Å². The first-order chi connectivity index (χ1) is 9.17. The SMILES string of the molecule is CCC(C=N)c1cc(F)ccc1-c1ncccc1C. The molecular formula is C16H17FN2. The van der Waals surface area contributed by atoms with Crippen LogP contribution in [0.2, 0.25) is 0 Å². The lowest BCUT2D eigenvalue weighted by Gasteiger charge is -2.16. The summed E-state index contributed by atoms with van der Waals surface area (Å²) in [5.74, 6) is -0.347. The van der Waals surface area contributed by atoms with Crippen LogP contribution in [0, 0.1) is 18.2 Å². The van der Waals surface area contributed by atoms with E-state index in [-0.39, 0.29) is 11.7 Å². The van der Waals surface area contributed by atoms with Crippen molar-refractivity contribution < 1.29 is 4.39 Å². The fourth-order valence-corrected chi connectivity index (χ4v) is 2.25. The number of halogens is 1. The van der Waals surface area contributed by atoms with Crippen molar-refractivity contribution in [1.29, 1.82) is 5.41 Å². The van der Waals surface area contributed by atoms with Gasteiger partial charge in [0, 0.05) is 23.9 Å². The first kappa shape index (κ1) is 13.4. The third-order valence-electron chi connectivity index (χ3n) is 3.32. The van der Waals surface area contributed by atoms with Crippen molar-refractivity contribution in [2.45, 2.75) is 26.2 Å². The molecule has 1 atom stereocenters. The van der Waals surface area contributed by atoms with Gasteiger partial charge in [0.25, 0.3) is 0 Å². The number of pyridine rings is 1. The minimum atomic E-state index is -0.271. The topological polar surface area (TPSA) is 36.7 Å². The number of nitrogens with one attached hydrogen (secondary N) is 1. The van der Waals surface area contributed by atoms with Gasteiger partial charge in [-0.05, 0) is 48.7 Å². The number of hydrogen-bond acceptors (Lipinski definition) is 2. The Balaban J connectivity index is 2.63. The van der Waals surface area contributed by atoms with Gasteiger partial charge in [0.15, 0.2) is 0 Å². The Morgan fingerprint density at radius 2 is 2.16 bits per heavy atom. The van der Waals surface area contributed by atoms with E-state index in [1.165, 1.54) is 18.3 Å². The van der Waals surface area contributed by atoms with Gasteiger partial charge in [-0.25, -0.2) is 4.39 Å². The first-order valence-electron chi connectivity index (χ1n) is 6.39. The zero-order valence-corrected chi connectivity index (χ0v) is 11.2. The predicted molar refractivity (Wildman–Crippen MR) is 76.2 cm³/mol. The van der Waals surface area contributed by atoms with Gasteiger partial charge in [-0.2, -0.15) is 0 Å². The lowest BCUT2D eigenvalue weighted by Crippen LogP contribution is -2.03. The maximum absolute atomic E-state index is 13.5. The van der Waals surface area contributed by atoms with Crippen LogP contribution < -0.4 is 0 Å². The monoisotopic (exact) mass is 256 g/mol. The molecule has 0 amide bonds. The number of aryl methyl sites for hydroxylation is 1. The maximum atomic E-state index is 13.5. The lowest BCUT2D eigenvalue weighted by atomic mass is 9.90. The van der Waals surface area contributed by atoms with E-state index in [4.69, 9.17) is 5.41 Å². The standard InChI is InChI=1S/C16H17FN2/c1-3-12(10-18)15-9-13(17)6-7-14(15)16-11(2)5-4-8-19-16/h4-10,12,18H,3H2,1-2H3. The van der Waals surface area contributed by atoms with E-state index < -0.39 is 0 Å². The van der Waals surface area contributed by atoms with Crippen molar-refractivity contribution >= 4 is 6.21 Å². The van der Waals surface area contributed by atoms with E-state index >= 15 is 0 Å². The van der Waals surface area contributed by atoms with Crippen LogP contribution in [0.5, 0.6) is 0 Å². The summed E-state index contributed by atoms with van der Waals surface area (Å²) in [5, 5.41) is 7.51. The smallest absolute Gasteiger partial charge is 0.123 e. The van der Waals surface area contributed by atoms with Gasteiger partial charge in [-0.15, -0.1) is 0 Å². The van der Waals surface area contributed by atoms with Crippen LogP contribution in [0.4, 0.5) is 4.39 Å². The summed E-state index contributed by atoms with van der Waals surface area (Å²) in [4.78, 5) is 4.39. The molecule has 98 valence electrons. The zero-order valence-electron chi connectivity index (χ0n) is 11.2. The molecule has 3 heteroatoms. The second kappa shape index (κ2) is 5.74. The summed E-state index contributed by atoms with van der Waals surface area (Å²) < 4.78 is 13.5. The maximum Gasteiger partial charge on any atom is 0.123 e. The minimum Gasteiger partial charge on any atom is -0.312 e. The molecule has 0 aliphatic carbocycles. The molecule has 19 heavy (non-hydrogen) atoms. The Labute approximate surface area is 112 Å². The molecule has 1 aromatic carbocycles. The summed E-state index contributed by atoms with van der Waals surface area (Å²) in [7, 11) is 0. The minimum absolute atomic E-state index is 0.0768. The molecule has 0 fully saturated rings. The molecule has 1 unspecified atom stereocenters. The van der Waals surface area contributed by atoms with Crippen LogP contribution in [-0.2, 0) is 0 Å². The van der Waals surface area contributed by atoms with E-state index in [2.05, 4.69) is 4.98 Å². The van der Waals surface area contributed by atoms with Gasteiger partial charge in [0.2, 0.25) is 0 Å². The molecule has 2 nitrogen and oxygen atoms in total. The Morgan fingerprint density at radius 1 is 1.37 bits per heavy atom. The average Bonchev–Trinajstić information content (AvgIpc) is 2.42. The first-order valence-corrected chi connectivity index (χ1v) is 6.39. The largest absolute Gasteiger partial charge is 0.312 e. The molecule has 0 bridgehead atoms. The van der Waals surface area contributed by atoms with Crippen LogP contribution in [0.25, 0.3) is 11.3 Å². The molecule has 1 N–H and O–H groups in total. The van der Waals surface area contributed by atoms with Crippen LogP contribution >= 0.6 is 0 Å². The van der Waals surface area contributed by atoms with E-state index in [0.29, 0.717) is 0 Å². The Bertz CT molecular complexity index is 593. The number of aromatic nitrogens is 1. The molecular weight excluding hydrogens is 239 g/mol. The van der Waals surface area contributed by atoms with Crippen molar-refractivity contribution in [3.05, 3.63) is 53.5 Å². The molecule has 2 aromatic rings. The molecule has 0 saturated heterocycles. The quantitative estimate of drug-likeness (QED) is 0.812. The van der Waals surface area contributed by atoms with Crippen LogP contribution in [0.15, 0.2) is 36.5 Å². The van der Waals surface area contributed by atoms with Gasteiger partial charge in [-0.3, -0.25) is 4.98 Å². The van der Waals surface area contributed by atoms with Crippen molar-refractivity contribution in [3.8, 4) is 11.3 Å². The highest BCUT2D eigenvalue weighted by molar-refractivity contribution is 5.74. The molecule has 2 rings (SSSR count). The average molecular weight is 256 g/mol. The lowest BCUT2D eigenvalue weighted by molar-refractivity contribution is 0.624. The highest BCUT2D eigenvalue weighted by Gasteiger charge is 2.15. The highest BCUT2D eigenvalue weighted by Crippen LogP contribution is 2.31. The van der Waals surface area contributed by atoms with Crippen LogP contribution in [0.1, 0.15) is 30.4 Å². The molecule has 1 aromatic heterocycles. The Morgan fingerprint density at radius 3 is 2.79 bits per heavy atom. The van der Waals surface area contributed by atoms with Gasteiger partial charge >= 0.3 is 0 Å². The fraction of sp³-hybridized carbons (Fsp3) is 0.250. The molecule has 0 spiro atoms. The highest BCUT2D eigenvalue weighted by atomic mass is 19.1. The number of hydrogen-bond donors (Lipinski definition) is 1. The third-order valence-corrected chi connectivity index (χ3v) is 3.32. The van der Waals surface area contributed by atoms with Gasteiger partial charge < -0.3 is 5.41 Å². The number of nitrogens with zero attached hydrogens (tertiary/aromatic N) is 1. The third kappa shape index (κ3) is 2.70. The second-order valence-corrected chi connectivity index (χ2v) is 4.58. The summed E-state index contributed by atoms with van der Waals surface area (Å²) in [6.07, 6.45) is 3.88. The Kier molecular flexibility index (Phi) is 4.05. The van der Waals surface area contributed by atoms with Gasteiger partial charge in [-0.1, -0.05) is 13.0 Å².